The van der Waals surface area contributed by atoms with E-state index < -0.39 is 0 Å². The van der Waals surface area contributed by atoms with E-state index in [-0.39, 0.29) is 11.3 Å². The number of hydrogen-bond acceptors (Lipinski definition) is 3. The monoisotopic (exact) mass is 226 g/mol. The average molecular weight is 226 g/mol. The number of hydrogen-bond donors (Lipinski definition) is 2. The predicted octanol–water partition coefficient (Wildman–Crippen LogP) is 0.658. The van der Waals surface area contributed by atoms with Gasteiger partial charge in [-0.05, 0) is 43.6 Å². The zero-order valence-electron chi connectivity index (χ0n) is 9.84. The molecule has 1 saturated heterocycles. The smallest absolute Gasteiger partial charge is 0.220 e. The standard InChI is InChI=1S/C12H22N2O2/c13-8-12(3-4-12)9-14-11(15)7-10-1-5-16-6-2-10/h10H,1-9,13H2,(H,14,15). The van der Waals surface area contributed by atoms with Gasteiger partial charge < -0.3 is 15.8 Å². The molecule has 0 radical (unpaired) electrons. The van der Waals surface area contributed by atoms with Crippen LogP contribution in [0.3, 0.4) is 0 Å². The first-order chi connectivity index (χ1) is 7.74. The van der Waals surface area contributed by atoms with Crippen LogP contribution in [0.5, 0.6) is 0 Å². The van der Waals surface area contributed by atoms with E-state index in [1.54, 1.807) is 0 Å². The van der Waals surface area contributed by atoms with Gasteiger partial charge in [-0.15, -0.1) is 0 Å². The summed E-state index contributed by atoms with van der Waals surface area (Å²) in [6, 6.07) is 0. The maximum atomic E-state index is 11.7. The van der Waals surface area contributed by atoms with Crippen molar-refractivity contribution in [1.82, 2.24) is 5.32 Å². The normalized spacial score (nSPS) is 24.1. The lowest BCUT2D eigenvalue weighted by molar-refractivity contribution is -0.122. The summed E-state index contributed by atoms with van der Waals surface area (Å²) in [5, 5.41) is 3.02. The highest BCUT2D eigenvalue weighted by Gasteiger charge is 2.41. The molecule has 1 amide bonds. The molecule has 92 valence electrons. The lowest BCUT2D eigenvalue weighted by Gasteiger charge is -2.22. The highest BCUT2D eigenvalue weighted by Crippen LogP contribution is 2.43. The van der Waals surface area contributed by atoms with Crippen molar-refractivity contribution in [2.24, 2.45) is 17.1 Å². The van der Waals surface area contributed by atoms with Crippen LogP contribution in [-0.2, 0) is 9.53 Å². The highest BCUT2D eigenvalue weighted by molar-refractivity contribution is 5.76. The minimum absolute atomic E-state index is 0.187. The number of ether oxygens (including phenoxy) is 1. The summed E-state index contributed by atoms with van der Waals surface area (Å²) in [6.07, 6.45) is 5.04. The quantitative estimate of drug-likeness (QED) is 0.723. The van der Waals surface area contributed by atoms with Crippen LogP contribution in [0.1, 0.15) is 32.1 Å². The Bertz CT molecular complexity index is 245. The Morgan fingerprint density at radius 2 is 2.06 bits per heavy atom. The van der Waals surface area contributed by atoms with Crippen LogP contribution in [0.4, 0.5) is 0 Å². The molecule has 2 aliphatic rings. The molecule has 1 aliphatic heterocycles. The van der Waals surface area contributed by atoms with Gasteiger partial charge in [-0.1, -0.05) is 0 Å². The van der Waals surface area contributed by atoms with Crippen molar-refractivity contribution in [2.75, 3.05) is 26.3 Å². The van der Waals surface area contributed by atoms with Gasteiger partial charge >= 0.3 is 0 Å². The van der Waals surface area contributed by atoms with E-state index in [2.05, 4.69) is 5.32 Å². The van der Waals surface area contributed by atoms with E-state index in [4.69, 9.17) is 10.5 Å². The Morgan fingerprint density at radius 3 is 2.62 bits per heavy atom. The zero-order chi connectivity index (χ0) is 11.4. The Morgan fingerprint density at radius 1 is 1.38 bits per heavy atom. The van der Waals surface area contributed by atoms with Crippen molar-refractivity contribution in [3.05, 3.63) is 0 Å². The topological polar surface area (TPSA) is 64.3 Å². The third-order valence-electron chi connectivity index (χ3n) is 3.87. The number of rotatable bonds is 5. The molecule has 2 rings (SSSR count). The fraction of sp³-hybridized carbons (Fsp3) is 0.917. The van der Waals surface area contributed by atoms with Crippen molar-refractivity contribution in [3.8, 4) is 0 Å². The van der Waals surface area contributed by atoms with Crippen LogP contribution in [0.2, 0.25) is 0 Å². The zero-order valence-corrected chi connectivity index (χ0v) is 9.84. The van der Waals surface area contributed by atoms with E-state index in [0.29, 0.717) is 18.9 Å². The molecule has 0 unspecified atom stereocenters. The van der Waals surface area contributed by atoms with Gasteiger partial charge in [0.1, 0.15) is 0 Å². The molecule has 4 nitrogen and oxygen atoms in total. The Hall–Kier alpha value is -0.610. The summed E-state index contributed by atoms with van der Waals surface area (Å²) in [7, 11) is 0. The number of carbonyl (C=O) groups excluding carboxylic acids is 1. The molecule has 0 spiro atoms. The van der Waals surface area contributed by atoms with Crippen molar-refractivity contribution in [3.63, 3.8) is 0 Å². The molecule has 0 bridgehead atoms. The first-order valence-corrected chi connectivity index (χ1v) is 6.29. The molecule has 0 aromatic carbocycles. The molecule has 1 saturated carbocycles. The summed E-state index contributed by atoms with van der Waals surface area (Å²) >= 11 is 0. The van der Waals surface area contributed by atoms with Crippen LogP contribution in [0, 0.1) is 11.3 Å². The van der Waals surface area contributed by atoms with Gasteiger partial charge in [0.05, 0.1) is 0 Å². The molecule has 16 heavy (non-hydrogen) atoms. The summed E-state index contributed by atoms with van der Waals surface area (Å²) in [5.74, 6) is 0.702. The van der Waals surface area contributed by atoms with Crippen molar-refractivity contribution >= 4 is 5.91 Å². The highest BCUT2D eigenvalue weighted by atomic mass is 16.5. The van der Waals surface area contributed by atoms with E-state index in [9.17, 15) is 4.79 Å². The van der Waals surface area contributed by atoms with Gasteiger partial charge in [0, 0.05) is 26.2 Å². The van der Waals surface area contributed by atoms with Gasteiger partial charge in [0.25, 0.3) is 0 Å². The maximum absolute atomic E-state index is 11.7. The van der Waals surface area contributed by atoms with Crippen LogP contribution in [-0.4, -0.2) is 32.2 Å². The summed E-state index contributed by atoms with van der Waals surface area (Å²) in [5.41, 5.74) is 5.91. The number of nitrogens with two attached hydrogens (primary N) is 1. The Labute approximate surface area is 96.9 Å². The summed E-state index contributed by atoms with van der Waals surface area (Å²) in [4.78, 5) is 11.7. The second kappa shape index (κ2) is 5.15. The van der Waals surface area contributed by atoms with Crippen LogP contribution >= 0.6 is 0 Å². The van der Waals surface area contributed by atoms with Gasteiger partial charge in [-0.2, -0.15) is 0 Å². The van der Waals surface area contributed by atoms with Gasteiger partial charge in [-0.3, -0.25) is 4.79 Å². The minimum Gasteiger partial charge on any atom is -0.381 e. The molecule has 4 heteroatoms. The summed E-state index contributed by atoms with van der Waals surface area (Å²) < 4.78 is 5.27. The molecule has 0 aromatic rings. The average Bonchev–Trinajstić information content (AvgIpc) is 3.09. The van der Waals surface area contributed by atoms with Crippen LogP contribution < -0.4 is 11.1 Å². The van der Waals surface area contributed by atoms with Crippen LogP contribution in [0.15, 0.2) is 0 Å². The van der Waals surface area contributed by atoms with Crippen molar-refractivity contribution < 1.29 is 9.53 Å². The lowest BCUT2D eigenvalue weighted by Crippen LogP contribution is -2.35. The first-order valence-electron chi connectivity index (χ1n) is 6.29. The Kier molecular flexibility index (Phi) is 3.82. The Balaban J connectivity index is 1.64. The van der Waals surface area contributed by atoms with Crippen LogP contribution in [0.25, 0.3) is 0 Å². The number of carbonyl (C=O) groups is 1. The molecule has 3 N–H and O–H groups in total. The van der Waals surface area contributed by atoms with Gasteiger partial charge in [0.15, 0.2) is 0 Å². The van der Waals surface area contributed by atoms with E-state index in [0.717, 1.165) is 32.6 Å². The lowest BCUT2D eigenvalue weighted by atomic mass is 9.96. The SMILES string of the molecule is NCC1(CNC(=O)CC2CCOCC2)CC1. The maximum Gasteiger partial charge on any atom is 0.220 e. The third kappa shape index (κ3) is 3.19. The predicted molar refractivity (Wildman–Crippen MR) is 61.9 cm³/mol. The van der Waals surface area contributed by atoms with E-state index in [1.807, 2.05) is 0 Å². The molecular formula is C12H22N2O2. The molecule has 0 atom stereocenters. The minimum atomic E-state index is 0.187. The molecule has 2 fully saturated rings. The van der Waals surface area contributed by atoms with Crippen molar-refractivity contribution in [1.29, 1.82) is 0 Å². The van der Waals surface area contributed by atoms with Crippen molar-refractivity contribution in [2.45, 2.75) is 32.1 Å². The second-order valence-corrected chi connectivity index (χ2v) is 5.24. The summed E-state index contributed by atoms with van der Waals surface area (Å²) in [6.45, 7) is 3.09. The molecule has 0 aromatic heterocycles. The number of amides is 1. The first kappa shape index (κ1) is 11.9. The third-order valence-corrected chi connectivity index (χ3v) is 3.87. The molecule has 1 heterocycles. The van der Waals surface area contributed by atoms with E-state index in [1.165, 1.54) is 12.8 Å². The van der Waals surface area contributed by atoms with Gasteiger partial charge in [-0.25, -0.2) is 0 Å². The van der Waals surface area contributed by atoms with E-state index >= 15 is 0 Å². The fourth-order valence-corrected chi connectivity index (χ4v) is 2.20. The second-order valence-electron chi connectivity index (χ2n) is 5.24. The molecular weight excluding hydrogens is 204 g/mol. The number of nitrogens with one attached hydrogen (secondary N) is 1. The molecule has 1 aliphatic carbocycles. The fourth-order valence-electron chi connectivity index (χ4n) is 2.20. The largest absolute Gasteiger partial charge is 0.381 e. The van der Waals surface area contributed by atoms with Gasteiger partial charge in [0.2, 0.25) is 5.91 Å².